The number of rotatable bonds is 1. The number of nitrogens with one attached hydrogen (secondary N) is 1. The van der Waals surface area contributed by atoms with Crippen molar-refractivity contribution in [3.8, 4) is 6.07 Å². The highest BCUT2D eigenvalue weighted by Crippen LogP contribution is 2.29. The zero-order valence-electron chi connectivity index (χ0n) is 11.6. The Bertz CT molecular complexity index is 738. The molecule has 0 saturated carbocycles. The van der Waals surface area contributed by atoms with E-state index in [0.29, 0.717) is 18.4 Å². The summed E-state index contributed by atoms with van der Waals surface area (Å²) in [5, 5.41) is 11.1. The fourth-order valence-electron chi connectivity index (χ4n) is 2.86. The van der Waals surface area contributed by atoms with E-state index in [4.69, 9.17) is 5.26 Å². The molecule has 0 aromatic heterocycles. The van der Waals surface area contributed by atoms with E-state index in [2.05, 4.69) is 5.32 Å². The Balaban J connectivity index is 1.92. The van der Waals surface area contributed by atoms with Crippen LogP contribution in [-0.2, 0) is 16.1 Å². The Labute approximate surface area is 125 Å². The first-order valence-electron chi connectivity index (χ1n) is 6.88. The maximum Gasteiger partial charge on any atom is 0.255 e. The van der Waals surface area contributed by atoms with Crippen LogP contribution in [0.3, 0.4) is 0 Å². The van der Waals surface area contributed by atoms with Crippen LogP contribution in [0, 0.1) is 17.1 Å². The average Bonchev–Trinajstić information content (AvgIpc) is 2.68. The first-order valence-corrected chi connectivity index (χ1v) is 6.88. The van der Waals surface area contributed by atoms with Crippen LogP contribution in [0.2, 0.25) is 0 Å². The predicted octanol–water partition coefficient (Wildman–Crippen LogP) is 0.848. The monoisotopic (exact) mass is 301 g/mol. The van der Waals surface area contributed by atoms with Gasteiger partial charge in [-0.15, -0.1) is 0 Å². The standard InChI is InChI=1S/C15H12FN3O3/c16-11-5-10-9(4-8(11)6-17)7-19(15(10)22)12-2-1-3-13(20)18-14(12)21/h4-5,12H,1-3,7H2,(H,18,20,21)/t12-/m0/s1. The van der Waals surface area contributed by atoms with E-state index in [9.17, 15) is 18.8 Å². The molecule has 0 aliphatic carbocycles. The third-order valence-corrected chi connectivity index (χ3v) is 3.97. The molecule has 1 saturated heterocycles. The molecule has 0 radical (unpaired) electrons. The van der Waals surface area contributed by atoms with Crippen molar-refractivity contribution in [2.45, 2.75) is 31.8 Å². The molecule has 3 rings (SSSR count). The quantitative estimate of drug-likeness (QED) is 0.779. The molecule has 0 spiro atoms. The molecule has 1 atom stereocenters. The molecule has 7 heteroatoms. The first kappa shape index (κ1) is 14.2. The number of amides is 3. The molecule has 1 aromatic carbocycles. The minimum Gasteiger partial charge on any atom is -0.322 e. The number of halogens is 1. The van der Waals surface area contributed by atoms with Crippen LogP contribution in [0.25, 0.3) is 0 Å². The second-order valence-electron chi connectivity index (χ2n) is 5.35. The van der Waals surface area contributed by atoms with E-state index in [1.807, 2.05) is 0 Å². The Morgan fingerprint density at radius 1 is 1.32 bits per heavy atom. The zero-order chi connectivity index (χ0) is 15.9. The lowest BCUT2D eigenvalue weighted by atomic mass is 10.1. The van der Waals surface area contributed by atoms with Crippen LogP contribution in [0.15, 0.2) is 12.1 Å². The number of nitriles is 1. The van der Waals surface area contributed by atoms with Gasteiger partial charge in [0.2, 0.25) is 11.8 Å². The highest BCUT2D eigenvalue weighted by Gasteiger charge is 2.38. The summed E-state index contributed by atoms with van der Waals surface area (Å²) < 4.78 is 13.7. The van der Waals surface area contributed by atoms with Crippen LogP contribution in [0.1, 0.15) is 40.7 Å². The summed E-state index contributed by atoms with van der Waals surface area (Å²) in [7, 11) is 0. The molecule has 3 amide bonds. The highest BCUT2D eigenvalue weighted by molar-refractivity contribution is 6.04. The van der Waals surface area contributed by atoms with Crippen molar-refractivity contribution in [3.63, 3.8) is 0 Å². The second-order valence-corrected chi connectivity index (χ2v) is 5.35. The number of carbonyl (C=O) groups excluding carboxylic acids is 3. The van der Waals surface area contributed by atoms with Crippen LogP contribution in [0.4, 0.5) is 4.39 Å². The van der Waals surface area contributed by atoms with Crippen LogP contribution >= 0.6 is 0 Å². The molecule has 22 heavy (non-hydrogen) atoms. The molecular weight excluding hydrogens is 289 g/mol. The molecule has 2 aliphatic heterocycles. The van der Waals surface area contributed by atoms with Gasteiger partial charge in [-0.05, 0) is 30.5 Å². The molecule has 1 aromatic rings. The molecule has 1 fully saturated rings. The van der Waals surface area contributed by atoms with E-state index in [1.54, 1.807) is 6.07 Å². The van der Waals surface area contributed by atoms with Gasteiger partial charge in [0.05, 0.1) is 5.56 Å². The number of carbonyl (C=O) groups is 3. The summed E-state index contributed by atoms with van der Waals surface area (Å²) >= 11 is 0. The number of hydrogen-bond donors (Lipinski definition) is 1. The van der Waals surface area contributed by atoms with Gasteiger partial charge in [-0.3, -0.25) is 19.7 Å². The van der Waals surface area contributed by atoms with Crippen LogP contribution in [-0.4, -0.2) is 28.7 Å². The van der Waals surface area contributed by atoms with Gasteiger partial charge in [0.1, 0.15) is 17.9 Å². The van der Waals surface area contributed by atoms with Crippen LogP contribution < -0.4 is 5.32 Å². The van der Waals surface area contributed by atoms with E-state index in [1.165, 1.54) is 11.0 Å². The number of benzene rings is 1. The largest absolute Gasteiger partial charge is 0.322 e. The fourth-order valence-corrected chi connectivity index (χ4v) is 2.86. The van der Waals surface area contributed by atoms with Crippen molar-refractivity contribution in [2.24, 2.45) is 0 Å². The van der Waals surface area contributed by atoms with E-state index in [0.717, 1.165) is 6.07 Å². The number of nitrogens with zero attached hydrogens (tertiary/aromatic N) is 2. The molecular formula is C15H12FN3O3. The molecule has 6 nitrogen and oxygen atoms in total. The minimum atomic E-state index is -0.753. The minimum absolute atomic E-state index is 0.131. The van der Waals surface area contributed by atoms with E-state index < -0.39 is 23.7 Å². The van der Waals surface area contributed by atoms with Crippen molar-refractivity contribution in [1.29, 1.82) is 5.26 Å². The van der Waals surface area contributed by atoms with Gasteiger partial charge < -0.3 is 4.90 Å². The first-order chi connectivity index (χ1) is 10.5. The fraction of sp³-hybridized carbons (Fsp3) is 0.333. The second kappa shape index (κ2) is 5.22. The summed E-state index contributed by atoms with van der Waals surface area (Å²) in [6.45, 7) is 0.134. The predicted molar refractivity (Wildman–Crippen MR) is 71.8 cm³/mol. The van der Waals surface area contributed by atoms with Crippen molar-refractivity contribution < 1.29 is 18.8 Å². The molecule has 112 valence electrons. The number of imide groups is 1. The topological polar surface area (TPSA) is 90.3 Å². The highest BCUT2D eigenvalue weighted by atomic mass is 19.1. The van der Waals surface area contributed by atoms with E-state index >= 15 is 0 Å². The summed E-state index contributed by atoms with van der Waals surface area (Å²) in [5.74, 6) is -2.07. The number of hydrogen-bond acceptors (Lipinski definition) is 4. The molecule has 0 bridgehead atoms. The van der Waals surface area contributed by atoms with Gasteiger partial charge in [-0.25, -0.2) is 4.39 Å². The third kappa shape index (κ3) is 2.22. The Kier molecular flexibility index (Phi) is 3.37. The number of fused-ring (bicyclic) bond motifs is 1. The Hall–Kier alpha value is -2.75. The van der Waals surface area contributed by atoms with Crippen molar-refractivity contribution in [1.82, 2.24) is 10.2 Å². The maximum atomic E-state index is 13.7. The lowest BCUT2D eigenvalue weighted by molar-refractivity contribution is -0.132. The van der Waals surface area contributed by atoms with Gasteiger partial charge in [0.15, 0.2) is 0 Å². The third-order valence-electron chi connectivity index (χ3n) is 3.97. The SMILES string of the molecule is N#Cc1cc2c(cc1F)C(=O)N([C@H]1CCCC(=O)NC1=O)C2. The zero-order valence-corrected chi connectivity index (χ0v) is 11.6. The van der Waals surface area contributed by atoms with E-state index in [-0.39, 0.29) is 30.0 Å². The van der Waals surface area contributed by atoms with Gasteiger partial charge in [-0.1, -0.05) is 0 Å². The molecule has 2 heterocycles. The summed E-state index contributed by atoms with van der Waals surface area (Å²) in [6.07, 6.45) is 1.12. The molecule has 2 aliphatic rings. The summed E-state index contributed by atoms with van der Waals surface area (Å²) in [5.41, 5.74) is 0.556. The van der Waals surface area contributed by atoms with Gasteiger partial charge >= 0.3 is 0 Å². The van der Waals surface area contributed by atoms with Gasteiger partial charge in [-0.2, -0.15) is 5.26 Å². The molecule has 1 N–H and O–H groups in total. The lowest BCUT2D eigenvalue weighted by Crippen LogP contribution is -2.46. The maximum absolute atomic E-state index is 13.7. The van der Waals surface area contributed by atoms with Gasteiger partial charge in [0.25, 0.3) is 5.91 Å². The van der Waals surface area contributed by atoms with Crippen LogP contribution in [0.5, 0.6) is 0 Å². The average molecular weight is 301 g/mol. The summed E-state index contributed by atoms with van der Waals surface area (Å²) in [6, 6.07) is 3.35. The van der Waals surface area contributed by atoms with Gasteiger partial charge in [0, 0.05) is 18.5 Å². The Morgan fingerprint density at radius 3 is 2.82 bits per heavy atom. The Morgan fingerprint density at radius 2 is 2.09 bits per heavy atom. The summed E-state index contributed by atoms with van der Waals surface area (Å²) in [4.78, 5) is 37.1. The smallest absolute Gasteiger partial charge is 0.255 e. The van der Waals surface area contributed by atoms with Crippen molar-refractivity contribution >= 4 is 17.7 Å². The lowest BCUT2D eigenvalue weighted by Gasteiger charge is -2.24. The van der Waals surface area contributed by atoms with Crippen molar-refractivity contribution in [3.05, 3.63) is 34.6 Å². The van der Waals surface area contributed by atoms with Crippen molar-refractivity contribution in [2.75, 3.05) is 0 Å². The normalized spacial score (nSPS) is 21.2. The molecule has 0 unspecified atom stereocenters.